The molecule has 20 heavy (non-hydrogen) atoms. The topological polar surface area (TPSA) is 35.5 Å². The van der Waals surface area contributed by atoms with Gasteiger partial charge < -0.3 is 15.3 Å². The van der Waals surface area contributed by atoms with Gasteiger partial charge in [0.2, 0.25) is 0 Å². The lowest BCUT2D eigenvalue weighted by atomic mass is 9.95. The summed E-state index contributed by atoms with van der Waals surface area (Å²) in [6.45, 7) is 2.79. The fraction of sp³-hybridized carbons (Fsp3) is 0.647. The first-order chi connectivity index (χ1) is 9.86. The molecule has 2 saturated heterocycles. The predicted octanol–water partition coefficient (Wildman–Crippen LogP) is 2.33. The summed E-state index contributed by atoms with van der Waals surface area (Å²) in [6.07, 6.45) is 6.05. The lowest BCUT2D eigenvalue weighted by molar-refractivity contribution is 0.156. The minimum Gasteiger partial charge on any atom is -0.396 e. The number of aliphatic hydroxyl groups excluding tert-OH is 1. The van der Waals surface area contributed by atoms with Crippen molar-refractivity contribution in [2.75, 3.05) is 19.7 Å². The van der Waals surface area contributed by atoms with Crippen LogP contribution in [0.2, 0.25) is 0 Å². The van der Waals surface area contributed by atoms with Crippen LogP contribution in [0, 0.1) is 0 Å². The van der Waals surface area contributed by atoms with Crippen LogP contribution in [0.1, 0.15) is 43.7 Å². The summed E-state index contributed by atoms with van der Waals surface area (Å²) < 4.78 is 0. The molecule has 3 atom stereocenters. The first kappa shape index (κ1) is 14.1. The number of nitrogens with zero attached hydrogens (tertiary/aromatic N) is 1. The number of hydrogen-bond donors (Lipinski definition) is 2. The highest BCUT2D eigenvalue weighted by Gasteiger charge is 2.32. The smallest absolute Gasteiger partial charge is 0.0449 e. The third-order valence-electron chi connectivity index (χ3n) is 4.88. The van der Waals surface area contributed by atoms with E-state index < -0.39 is 0 Å². The fourth-order valence-electron chi connectivity index (χ4n) is 3.82. The van der Waals surface area contributed by atoms with Gasteiger partial charge in [-0.1, -0.05) is 30.3 Å². The minimum atomic E-state index is 0.245. The minimum absolute atomic E-state index is 0.245. The normalized spacial score (nSPS) is 28.2. The van der Waals surface area contributed by atoms with Crippen molar-refractivity contribution in [2.24, 2.45) is 0 Å². The van der Waals surface area contributed by atoms with Gasteiger partial charge in [-0.3, -0.25) is 0 Å². The highest BCUT2D eigenvalue weighted by atomic mass is 16.3. The van der Waals surface area contributed by atoms with Crippen LogP contribution in [0.15, 0.2) is 30.3 Å². The number of piperidine rings is 1. The highest BCUT2D eigenvalue weighted by molar-refractivity contribution is 5.19. The van der Waals surface area contributed by atoms with Gasteiger partial charge in [0, 0.05) is 24.7 Å². The molecule has 0 spiro atoms. The van der Waals surface area contributed by atoms with Crippen molar-refractivity contribution < 1.29 is 5.11 Å². The van der Waals surface area contributed by atoms with E-state index in [1.807, 2.05) is 0 Å². The van der Waals surface area contributed by atoms with E-state index in [4.69, 9.17) is 0 Å². The Morgan fingerprint density at radius 2 is 2.05 bits per heavy atom. The second-order valence-electron chi connectivity index (χ2n) is 6.20. The van der Waals surface area contributed by atoms with E-state index in [1.54, 1.807) is 0 Å². The maximum absolute atomic E-state index is 9.33. The van der Waals surface area contributed by atoms with Crippen molar-refractivity contribution in [3.05, 3.63) is 35.9 Å². The standard InChI is InChI=1S/C17H26N2O/c20-12-9-17(14-5-2-1-3-6-14)18-15-8-11-19-10-4-7-16(19)13-15/h1-3,5-6,15-18,20H,4,7-13H2/t15?,16?,17-/m1/s1. The Morgan fingerprint density at radius 1 is 1.20 bits per heavy atom. The summed E-state index contributed by atoms with van der Waals surface area (Å²) in [5.74, 6) is 0. The average Bonchev–Trinajstić information content (AvgIpc) is 2.95. The largest absolute Gasteiger partial charge is 0.396 e. The second-order valence-corrected chi connectivity index (χ2v) is 6.20. The van der Waals surface area contributed by atoms with E-state index in [-0.39, 0.29) is 6.61 Å². The van der Waals surface area contributed by atoms with Gasteiger partial charge in [-0.05, 0) is 50.8 Å². The molecule has 1 aromatic carbocycles. The molecule has 2 aliphatic heterocycles. The first-order valence-corrected chi connectivity index (χ1v) is 8.02. The molecular formula is C17H26N2O. The molecule has 3 nitrogen and oxygen atoms in total. The Hall–Kier alpha value is -0.900. The Kier molecular flexibility index (Phi) is 4.71. The van der Waals surface area contributed by atoms with E-state index in [0.717, 1.165) is 12.5 Å². The van der Waals surface area contributed by atoms with Gasteiger partial charge in [-0.2, -0.15) is 0 Å². The fourth-order valence-corrected chi connectivity index (χ4v) is 3.82. The number of fused-ring (bicyclic) bond motifs is 1. The SMILES string of the molecule is OCC[C@@H](NC1CCN2CCCC2C1)c1ccccc1. The molecule has 0 saturated carbocycles. The predicted molar refractivity (Wildman–Crippen MR) is 81.6 cm³/mol. The number of benzene rings is 1. The van der Waals surface area contributed by atoms with E-state index in [1.165, 1.54) is 44.3 Å². The molecule has 2 aliphatic rings. The summed E-state index contributed by atoms with van der Waals surface area (Å²) >= 11 is 0. The Morgan fingerprint density at radius 3 is 2.85 bits per heavy atom. The van der Waals surface area contributed by atoms with E-state index >= 15 is 0 Å². The van der Waals surface area contributed by atoms with Crippen LogP contribution < -0.4 is 5.32 Å². The monoisotopic (exact) mass is 274 g/mol. The van der Waals surface area contributed by atoms with Crippen LogP contribution >= 0.6 is 0 Å². The van der Waals surface area contributed by atoms with Crippen LogP contribution in [0.5, 0.6) is 0 Å². The van der Waals surface area contributed by atoms with Crippen LogP contribution in [0.4, 0.5) is 0 Å². The molecule has 0 bridgehead atoms. The third kappa shape index (κ3) is 3.22. The van der Waals surface area contributed by atoms with E-state index in [0.29, 0.717) is 12.1 Å². The molecule has 0 radical (unpaired) electrons. The van der Waals surface area contributed by atoms with Gasteiger partial charge in [0.15, 0.2) is 0 Å². The molecule has 0 amide bonds. The summed E-state index contributed by atoms with van der Waals surface area (Å²) in [4.78, 5) is 2.65. The summed E-state index contributed by atoms with van der Waals surface area (Å²) in [5.41, 5.74) is 1.30. The number of aliphatic hydroxyl groups is 1. The summed E-state index contributed by atoms with van der Waals surface area (Å²) in [7, 11) is 0. The molecule has 2 unspecified atom stereocenters. The average molecular weight is 274 g/mol. The van der Waals surface area contributed by atoms with Crippen molar-refractivity contribution in [2.45, 2.75) is 50.2 Å². The van der Waals surface area contributed by atoms with Crippen molar-refractivity contribution in [3.8, 4) is 0 Å². The molecule has 0 aromatic heterocycles. The van der Waals surface area contributed by atoms with Gasteiger partial charge in [-0.25, -0.2) is 0 Å². The number of hydrogen-bond acceptors (Lipinski definition) is 3. The van der Waals surface area contributed by atoms with Crippen molar-refractivity contribution in [1.29, 1.82) is 0 Å². The molecule has 1 aromatic rings. The van der Waals surface area contributed by atoms with Crippen LogP contribution in [-0.2, 0) is 0 Å². The van der Waals surface area contributed by atoms with Crippen LogP contribution in [-0.4, -0.2) is 41.8 Å². The summed E-state index contributed by atoms with van der Waals surface area (Å²) in [6, 6.07) is 12.2. The Balaban J connectivity index is 1.62. The first-order valence-electron chi connectivity index (χ1n) is 8.02. The molecular weight excluding hydrogens is 248 g/mol. The Bertz CT molecular complexity index is 409. The highest BCUT2D eigenvalue weighted by Crippen LogP contribution is 2.28. The molecule has 2 heterocycles. The number of rotatable bonds is 5. The zero-order valence-electron chi connectivity index (χ0n) is 12.2. The maximum atomic E-state index is 9.33. The van der Waals surface area contributed by atoms with Gasteiger partial charge in [0.25, 0.3) is 0 Å². The lowest BCUT2D eigenvalue weighted by Gasteiger charge is -2.37. The van der Waals surface area contributed by atoms with Gasteiger partial charge in [0.05, 0.1) is 0 Å². The van der Waals surface area contributed by atoms with Crippen LogP contribution in [0.3, 0.4) is 0 Å². The van der Waals surface area contributed by atoms with Crippen LogP contribution in [0.25, 0.3) is 0 Å². The second kappa shape index (κ2) is 6.70. The molecule has 0 aliphatic carbocycles. The van der Waals surface area contributed by atoms with Gasteiger partial charge >= 0.3 is 0 Å². The Labute approximate surface area is 122 Å². The maximum Gasteiger partial charge on any atom is 0.0449 e. The van der Waals surface area contributed by atoms with E-state index in [9.17, 15) is 5.11 Å². The van der Waals surface area contributed by atoms with E-state index in [2.05, 4.69) is 40.5 Å². The molecule has 2 N–H and O–H groups in total. The van der Waals surface area contributed by atoms with Crippen molar-refractivity contribution in [1.82, 2.24) is 10.2 Å². The molecule has 3 rings (SSSR count). The van der Waals surface area contributed by atoms with Crippen molar-refractivity contribution >= 4 is 0 Å². The van der Waals surface area contributed by atoms with Crippen molar-refractivity contribution in [3.63, 3.8) is 0 Å². The molecule has 3 heteroatoms. The number of nitrogens with one attached hydrogen (secondary N) is 1. The summed E-state index contributed by atoms with van der Waals surface area (Å²) in [5, 5.41) is 13.1. The quantitative estimate of drug-likeness (QED) is 0.865. The zero-order valence-corrected chi connectivity index (χ0v) is 12.2. The molecule has 2 fully saturated rings. The van der Waals surface area contributed by atoms with Gasteiger partial charge in [-0.15, -0.1) is 0 Å². The lowest BCUT2D eigenvalue weighted by Crippen LogP contribution is -2.46. The molecule has 110 valence electrons. The zero-order chi connectivity index (χ0) is 13.8. The third-order valence-corrected chi connectivity index (χ3v) is 4.88. The van der Waals surface area contributed by atoms with Gasteiger partial charge in [0.1, 0.15) is 0 Å².